The number of benzene rings is 1. The number of ether oxygens (including phenoxy) is 1. The fourth-order valence-electron chi connectivity index (χ4n) is 1.85. The summed E-state index contributed by atoms with van der Waals surface area (Å²) in [4.78, 5) is 18.1. The summed E-state index contributed by atoms with van der Waals surface area (Å²) in [5.41, 5.74) is 0.753. The highest BCUT2D eigenvalue weighted by Gasteiger charge is 2.22. The number of nitro groups is 1. The van der Waals surface area contributed by atoms with Crippen molar-refractivity contribution in [2.24, 2.45) is 7.05 Å². The van der Waals surface area contributed by atoms with E-state index in [2.05, 4.69) is 15.1 Å². The van der Waals surface area contributed by atoms with Gasteiger partial charge in [-0.1, -0.05) is 5.16 Å². The summed E-state index contributed by atoms with van der Waals surface area (Å²) in [5, 5.41) is 14.7. The standard InChI is InChI=1S/C13H11N5O4/c1-8-15-11(16-22-8)9-3-5-10(6-4-9)21-13-12(18(19)20)14-7-17(13)2/h3-7H,1-2H3. The molecule has 2 heterocycles. The molecule has 9 heteroatoms. The molecule has 0 aliphatic carbocycles. The Hall–Kier alpha value is -3.23. The van der Waals surface area contributed by atoms with Gasteiger partial charge in [0.2, 0.25) is 18.0 Å². The molecule has 0 unspecified atom stereocenters. The quantitative estimate of drug-likeness (QED) is 0.537. The number of hydrogen-bond acceptors (Lipinski definition) is 7. The minimum Gasteiger partial charge on any atom is -0.434 e. The molecule has 0 aliphatic heterocycles. The Morgan fingerprint density at radius 1 is 1.32 bits per heavy atom. The molecule has 3 aromatic rings. The molecule has 0 N–H and O–H groups in total. The van der Waals surface area contributed by atoms with Crippen molar-refractivity contribution in [2.75, 3.05) is 0 Å². The maximum absolute atomic E-state index is 10.9. The number of rotatable bonds is 4. The Balaban J connectivity index is 1.85. The van der Waals surface area contributed by atoms with Gasteiger partial charge >= 0.3 is 11.7 Å². The van der Waals surface area contributed by atoms with E-state index in [4.69, 9.17) is 9.26 Å². The molecule has 3 rings (SSSR count). The molecular formula is C13H11N5O4. The Morgan fingerprint density at radius 2 is 2.05 bits per heavy atom. The molecule has 0 aliphatic rings. The highest BCUT2D eigenvalue weighted by atomic mass is 16.6. The number of nitrogens with zero attached hydrogens (tertiary/aromatic N) is 5. The van der Waals surface area contributed by atoms with E-state index in [-0.39, 0.29) is 11.7 Å². The topological polar surface area (TPSA) is 109 Å². The lowest BCUT2D eigenvalue weighted by Gasteiger charge is -2.05. The van der Waals surface area contributed by atoms with Crippen molar-refractivity contribution in [3.63, 3.8) is 0 Å². The van der Waals surface area contributed by atoms with Crippen LogP contribution in [0.1, 0.15) is 5.89 Å². The average Bonchev–Trinajstić information content (AvgIpc) is 3.07. The summed E-state index contributed by atoms with van der Waals surface area (Å²) in [6.45, 7) is 1.70. The summed E-state index contributed by atoms with van der Waals surface area (Å²) in [5.74, 6) is 1.11. The lowest BCUT2D eigenvalue weighted by Crippen LogP contribution is -1.96. The fraction of sp³-hybridized carbons (Fsp3) is 0.154. The zero-order valence-corrected chi connectivity index (χ0v) is 11.8. The van der Waals surface area contributed by atoms with Gasteiger partial charge in [-0.15, -0.1) is 0 Å². The van der Waals surface area contributed by atoms with Gasteiger partial charge in [-0.25, -0.2) is 0 Å². The molecule has 1 aromatic carbocycles. The van der Waals surface area contributed by atoms with E-state index in [0.717, 1.165) is 5.56 Å². The predicted molar refractivity (Wildman–Crippen MR) is 74.4 cm³/mol. The van der Waals surface area contributed by atoms with Crippen LogP contribution in [-0.4, -0.2) is 24.6 Å². The first-order valence-electron chi connectivity index (χ1n) is 6.29. The molecule has 9 nitrogen and oxygen atoms in total. The van der Waals surface area contributed by atoms with Gasteiger partial charge in [0.25, 0.3) is 0 Å². The van der Waals surface area contributed by atoms with Crippen molar-refractivity contribution >= 4 is 5.82 Å². The average molecular weight is 301 g/mol. The number of hydrogen-bond donors (Lipinski definition) is 0. The summed E-state index contributed by atoms with van der Waals surface area (Å²) in [7, 11) is 1.62. The molecule has 0 radical (unpaired) electrons. The number of aryl methyl sites for hydroxylation is 2. The van der Waals surface area contributed by atoms with Crippen LogP contribution in [0.4, 0.5) is 5.82 Å². The van der Waals surface area contributed by atoms with Crippen molar-refractivity contribution in [2.45, 2.75) is 6.92 Å². The highest BCUT2D eigenvalue weighted by Crippen LogP contribution is 2.30. The summed E-state index contributed by atoms with van der Waals surface area (Å²) < 4.78 is 11.9. The lowest BCUT2D eigenvalue weighted by molar-refractivity contribution is -0.390. The molecule has 2 aromatic heterocycles. The molecule has 0 saturated carbocycles. The highest BCUT2D eigenvalue weighted by molar-refractivity contribution is 5.55. The normalized spacial score (nSPS) is 10.6. The van der Waals surface area contributed by atoms with E-state index in [1.165, 1.54) is 10.9 Å². The van der Waals surface area contributed by atoms with Gasteiger partial charge in [-0.3, -0.25) is 4.57 Å². The van der Waals surface area contributed by atoms with Gasteiger partial charge in [-0.05, 0) is 34.2 Å². The van der Waals surface area contributed by atoms with Crippen molar-refractivity contribution in [1.82, 2.24) is 19.7 Å². The van der Waals surface area contributed by atoms with Gasteiger partial charge in [0.05, 0.1) is 0 Å². The second kappa shape index (κ2) is 5.28. The first-order valence-corrected chi connectivity index (χ1v) is 6.29. The van der Waals surface area contributed by atoms with Crippen LogP contribution in [0.3, 0.4) is 0 Å². The summed E-state index contributed by atoms with van der Waals surface area (Å²) >= 11 is 0. The van der Waals surface area contributed by atoms with E-state index in [1.807, 2.05) is 0 Å². The van der Waals surface area contributed by atoms with Crippen molar-refractivity contribution in [3.05, 3.63) is 46.6 Å². The zero-order chi connectivity index (χ0) is 15.7. The molecule has 22 heavy (non-hydrogen) atoms. The minimum atomic E-state index is -0.591. The Kier molecular flexibility index (Phi) is 3.30. The maximum atomic E-state index is 10.9. The zero-order valence-electron chi connectivity index (χ0n) is 11.8. The SMILES string of the molecule is Cc1nc(-c2ccc(Oc3c([N+](=O)[O-])ncn3C)cc2)no1. The lowest BCUT2D eigenvalue weighted by atomic mass is 10.2. The van der Waals surface area contributed by atoms with Crippen LogP contribution < -0.4 is 4.74 Å². The Bertz CT molecular complexity index is 821. The monoisotopic (exact) mass is 301 g/mol. The van der Waals surface area contributed by atoms with Gasteiger partial charge in [0.1, 0.15) is 5.75 Å². The number of imidazole rings is 1. The third-order valence-corrected chi connectivity index (χ3v) is 2.89. The predicted octanol–water partition coefficient (Wildman–Crippen LogP) is 2.48. The number of aromatic nitrogens is 4. The van der Waals surface area contributed by atoms with Crippen LogP contribution in [0.25, 0.3) is 11.4 Å². The first-order chi connectivity index (χ1) is 10.5. The van der Waals surface area contributed by atoms with Gasteiger partial charge < -0.3 is 19.4 Å². The molecule has 0 bridgehead atoms. The molecule has 0 saturated heterocycles. The molecular weight excluding hydrogens is 290 g/mol. The van der Waals surface area contributed by atoms with E-state index < -0.39 is 4.92 Å². The molecule has 0 atom stereocenters. The van der Waals surface area contributed by atoms with Crippen LogP contribution in [0.15, 0.2) is 35.1 Å². The van der Waals surface area contributed by atoms with Crippen molar-refractivity contribution in [1.29, 1.82) is 0 Å². The van der Waals surface area contributed by atoms with Crippen LogP contribution >= 0.6 is 0 Å². The van der Waals surface area contributed by atoms with Gasteiger partial charge in [0, 0.05) is 19.5 Å². The maximum Gasteiger partial charge on any atom is 0.427 e. The third-order valence-electron chi connectivity index (χ3n) is 2.89. The van der Waals surface area contributed by atoms with Gasteiger partial charge in [0.15, 0.2) is 0 Å². The van der Waals surface area contributed by atoms with Crippen LogP contribution in [-0.2, 0) is 7.05 Å². The van der Waals surface area contributed by atoms with Crippen LogP contribution in [0.2, 0.25) is 0 Å². The van der Waals surface area contributed by atoms with Crippen LogP contribution in [0, 0.1) is 17.0 Å². The Labute approximate surface area is 124 Å². The van der Waals surface area contributed by atoms with E-state index in [0.29, 0.717) is 17.5 Å². The largest absolute Gasteiger partial charge is 0.434 e. The first kappa shape index (κ1) is 13.7. The van der Waals surface area contributed by atoms with E-state index in [1.54, 1.807) is 38.2 Å². The second-order valence-electron chi connectivity index (χ2n) is 4.50. The molecule has 0 fully saturated rings. The van der Waals surface area contributed by atoms with E-state index in [9.17, 15) is 10.1 Å². The van der Waals surface area contributed by atoms with Crippen molar-refractivity contribution < 1.29 is 14.2 Å². The molecule has 0 amide bonds. The Morgan fingerprint density at radius 3 is 2.64 bits per heavy atom. The van der Waals surface area contributed by atoms with Crippen molar-refractivity contribution in [3.8, 4) is 23.0 Å². The van der Waals surface area contributed by atoms with Crippen LogP contribution in [0.5, 0.6) is 11.6 Å². The third kappa shape index (κ3) is 2.51. The summed E-state index contributed by atoms with van der Waals surface area (Å²) in [6, 6.07) is 6.80. The smallest absolute Gasteiger partial charge is 0.427 e. The second-order valence-corrected chi connectivity index (χ2v) is 4.50. The van der Waals surface area contributed by atoms with E-state index >= 15 is 0 Å². The minimum absolute atomic E-state index is 0.0631. The van der Waals surface area contributed by atoms with Gasteiger partial charge in [-0.2, -0.15) is 4.98 Å². The summed E-state index contributed by atoms with van der Waals surface area (Å²) in [6.07, 6.45) is 1.32. The molecule has 112 valence electrons. The fourth-order valence-corrected chi connectivity index (χ4v) is 1.85. The molecule has 0 spiro atoms.